The van der Waals surface area contributed by atoms with Gasteiger partial charge in [-0.05, 0) is 12.8 Å². The van der Waals surface area contributed by atoms with E-state index in [-0.39, 0.29) is 0 Å². The number of nitrogens with two attached hydrogens (primary N) is 1. The third-order valence-corrected chi connectivity index (χ3v) is 2.05. The average molecular weight is 201 g/mol. The lowest BCUT2D eigenvalue weighted by atomic mass is 10.1. The van der Waals surface area contributed by atoms with Gasteiger partial charge < -0.3 is 16.2 Å². The fraction of sp³-hybridized carbons (Fsp3) is 0.778. The molecule has 14 heavy (non-hydrogen) atoms. The molecule has 0 radical (unpaired) electrons. The van der Waals surface area contributed by atoms with Crippen molar-refractivity contribution in [3.8, 4) is 0 Å². The molecule has 0 aromatic heterocycles. The van der Waals surface area contributed by atoms with Crippen LogP contribution < -0.4 is 11.1 Å². The number of rotatable bonds is 6. The van der Waals surface area contributed by atoms with Crippen LogP contribution in [-0.2, 0) is 4.79 Å². The number of unbranched alkanes of at least 4 members (excludes halogenated alkanes) is 1. The first-order valence-corrected chi connectivity index (χ1v) is 4.73. The monoisotopic (exact) mass is 201 g/mol. The zero-order chi connectivity index (χ0) is 11.0. The number of aliphatic carboxylic acids is 1. The molecule has 0 aliphatic heterocycles. The fourth-order valence-electron chi connectivity index (χ4n) is 1.13. The molecule has 0 fully saturated rings. The van der Waals surface area contributed by atoms with Gasteiger partial charge in [-0.1, -0.05) is 6.42 Å². The molecule has 4 N–H and O–H groups in total. The number of carboxylic acid groups (broad SMARTS) is 1. The first kappa shape index (κ1) is 12.9. The summed E-state index contributed by atoms with van der Waals surface area (Å²) in [7, 11) is 3.56. The van der Waals surface area contributed by atoms with Crippen molar-refractivity contribution in [1.82, 2.24) is 5.32 Å². The first-order chi connectivity index (χ1) is 6.61. The number of amidine groups is 1. The van der Waals surface area contributed by atoms with Gasteiger partial charge in [0.25, 0.3) is 0 Å². The number of hydrogen-bond donors (Lipinski definition) is 3. The molecule has 0 heterocycles. The van der Waals surface area contributed by atoms with Crippen molar-refractivity contribution in [2.24, 2.45) is 10.7 Å². The summed E-state index contributed by atoms with van der Waals surface area (Å²) in [6.07, 6.45) is 3.10. The fourth-order valence-corrected chi connectivity index (χ4v) is 1.13. The van der Waals surface area contributed by atoms with Gasteiger partial charge in [-0.2, -0.15) is 0 Å². The average Bonchev–Trinajstić information content (AvgIpc) is 2.17. The molecule has 0 bridgehead atoms. The molecule has 0 aliphatic rings. The topological polar surface area (TPSA) is 87.7 Å². The van der Waals surface area contributed by atoms with E-state index in [2.05, 4.69) is 10.3 Å². The number of hydrogen-bond acceptors (Lipinski definition) is 3. The van der Waals surface area contributed by atoms with Crippen LogP contribution in [0.2, 0.25) is 0 Å². The number of carbonyl (C=O) groups is 1. The van der Waals surface area contributed by atoms with Crippen molar-refractivity contribution >= 4 is 11.8 Å². The van der Waals surface area contributed by atoms with E-state index in [1.165, 1.54) is 0 Å². The maximum Gasteiger partial charge on any atom is 0.320 e. The summed E-state index contributed by atoms with van der Waals surface area (Å²) < 4.78 is 0. The molecule has 0 rings (SSSR count). The minimum atomic E-state index is -0.928. The first-order valence-electron chi connectivity index (χ1n) is 4.73. The highest BCUT2D eigenvalue weighted by atomic mass is 16.4. The molecule has 0 spiro atoms. The van der Waals surface area contributed by atoms with Crippen LogP contribution in [0.5, 0.6) is 0 Å². The molecule has 82 valence electrons. The van der Waals surface area contributed by atoms with E-state index in [0.29, 0.717) is 6.42 Å². The maximum atomic E-state index is 10.4. The lowest BCUT2D eigenvalue weighted by Gasteiger charge is -2.06. The van der Waals surface area contributed by atoms with Crippen molar-refractivity contribution in [3.05, 3.63) is 0 Å². The van der Waals surface area contributed by atoms with Crippen LogP contribution in [0.15, 0.2) is 4.99 Å². The Kier molecular flexibility index (Phi) is 6.74. The van der Waals surface area contributed by atoms with Crippen molar-refractivity contribution in [3.63, 3.8) is 0 Å². The van der Waals surface area contributed by atoms with Crippen LogP contribution >= 0.6 is 0 Å². The predicted octanol–water partition coefficient (Wildman–Crippen LogP) is 0.206. The Balaban J connectivity index is 3.51. The normalized spacial score (nSPS) is 13.8. The second kappa shape index (κ2) is 7.32. The van der Waals surface area contributed by atoms with Gasteiger partial charge in [0.1, 0.15) is 6.04 Å². The van der Waals surface area contributed by atoms with E-state index in [1.807, 2.05) is 7.05 Å². The van der Waals surface area contributed by atoms with Gasteiger partial charge in [0.2, 0.25) is 0 Å². The lowest BCUT2D eigenvalue weighted by Crippen LogP contribution is -2.29. The molecule has 5 heteroatoms. The molecule has 0 aromatic rings. The minimum Gasteiger partial charge on any atom is -0.480 e. The zero-order valence-corrected chi connectivity index (χ0v) is 8.79. The van der Waals surface area contributed by atoms with Crippen LogP contribution in [0.1, 0.15) is 25.7 Å². The molecule has 0 amide bonds. The van der Waals surface area contributed by atoms with Gasteiger partial charge in [0, 0.05) is 20.5 Å². The number of nitrogens with zero attached hydrogens (tertiary/aromatic N) is 1. The summed E-state index contributed by atoms with van der Waals surface area (Å²) in [5, 5.41) is 11.5. The summed E-state index contributed by atoms with van der Waals surface area (Å²) in [5.74, 6) is 0.0110. The Hall–Kier alpha value is -1.10. The van der Waals surface area contributed by atoms with Gasteiger partial charge in [-0.3, -0.25) is 9.79 Å². The summed E-state index contributed by atoms with van der Waals surface area (Å²) >= 11 is 0. The number of aliphatic imine (C=N–C) groups is 1. The Morgan fingerprint density at radius 3 is 2.64 bits per heavy atom. The SMILES string of the molecule is CN=C(CCCCC(N)C(=O)O)NC. The Morgan fingerprint density at radius 2 is 2.21 bits per heavy atom. The van der Waals surface area contributed by atoms with Crippen LogP contribution in [-0.4, -0.2) is 37.0 Å². The predicted molar refractivity (Wildman–Crippen MR) is 56.5 cm³/mol. The van der Waals surface area contributed by atoms with E-state index < -0.39 is 12.0 Å². The second-order valence-corrected chi connectivity index (χ2v) is 3.11. The van der Waals surface area contributed by atoms with E-state index in [4.69, 9.17) is 10.8 Å². The van der Waals surface area contributed by atoms with Crippen molar-refractivity contribution < 1.29 is 9.90 Å². The molecule has 0 aromatic carbocycles. The Bertz CT molecular complexity index is 204. The Morgan fingerprint density at radius 1 is 1.57 bits per heavy atom. The maximum absolute atomic E-state index is 10.4. The smallest absolute Gasteiger partial charge is 0.320 e. The minimum absolute atomic E-state index is 0.524. The molecule has 0 saturated carbocycles. The van der Waals surface area contributed by atoms with Crippen molar-refractivity contribution in [1.29, 1.82) is 0 Å². The zero-order valence-electron chi connectivity index (χ0n) is 8.79. The van der Waals surface area contributed by atoms with Gasteiger partial charge in [-0.25, -0.2) is 0 Å². The lowest BCUT2D eigenvalue weighted by molar-refractivity contribution is -0.138. The van der Waals surface area contributed by atoms with E-state index in [9.17, 15) is 4.79 Å². The van der Waals surface area contributed by atoms with E-state index >= 15 is 0 Å². The molecule has 1 unspecified atom stereocenters. The quantitative estimate of drug-likeness (QED) is 0.325. The molecule has 5 nitrogen and oxygen atoms in total. The van der Waals surface area contributed by atoms with Crippen molar-refractivity contribution in [2.45, 2.75) is 31.7 Å². The second-order valence-electron chi connectivity index (χ2n) is 3.11. The molecule has 0 saturated heterocycles. The van der Waals surface area contributed by atoms with Gasteiger partial charge >= 0.3 is 5.97 Å². The molecule has 0 aliphatic carbocycles. The van der Waals surface area contributed by atoms with Crippen LogP contribution in [0.25, 0.3) is 0 Å². The molecular weight excluding hydrogens is 182 g/mol. The van der Waals surface area contributed by atoms with Gasteiger partial charge in [-0.15, -0.1) is 0 Å². The summed E-state index contributed by atoms with van der Waals surface area (Å²) in [6, 6.07) is -0.730. The molecule has 1 atom stereocenters. The third-order valence-electron chi connectivity index (χ3n) is 2.05. The number of carboxylic acids is 1. The largest absolute Gasteiger partial charge is 0.480 e. The highest BCUT2D eigenvalue weighted by Crippen LogP contribution is 2.02. The Labute approximate surface area is 84.4 Å². The summed E-state index contributed by atoms with van der Waals surface area (Å²) in [4.78, 5) is 14.4. The summed E-state index contributed by atoms with van der Waals surface area (Å²) in [6.45, 7) is 0. The van der Waals surface area contributed by atoms with Crippen LogP contribution in [0.4, 0.5) is 0 Å². The highest BCUT2D eigenvalue weighted by Gasteiger charge is 2.10. The van der Waals surface area contributed by atoms with Crippen LogP contribution in [0, 0.1) is 0 Å². The van der Waals surface area contributed by atoms with Gasteiger partial charge in [0.05, 0.1) is 5.84 Å². The van der Waals surface area contributed by atoms with Gasteiger partial charge in [0.15, 0.2) is 0 Å². The van der Waals surface area contributed by atoms with Crippen LogP contribution in [0.3, 0.4) is 0 Å². The molecular formula is C9H19N3O2. The highest BCUT2D eigenvalue weighted by molar-refractivity contribution is 5.81. The van der Waals surface area contributed by atoms with Crippen molar-refractivity contribution in [2.75, 3.05) is 14.1 Å². The van der Waals surface area contributed by atoms with E-state index in [1.54, 1.807) is 7.05 Å². The summed E-state index contributed by atoms with van der Waals surface area (Å²) in [5.41, 5.74) is 5.35. The number of nitrogens with one attached hydrogen (secondary N) is 1. The standard InChI is InChI=1S/C9H19N3O2/c1-11-8(12-2)6-4-3-5-7(10)9(13)14/h7H,3-6,10H2,1-2H3,(H,11,12)(H,13,14). The third kappa shape index (κ3) is 5.53. The van der Waals surface area contributed by atoms with E-state index in [0.717, 1.165) is 25.1 Å².